The second-order valence-electron chi connectivity index (χ2n) is 9.00. The molecule has 1 aromatic carbocycles. The Balaban J connectivity index is 2.24. The molecule has 0 aliphatic heterocycles. The second kappa shape index (κ2) is 16.3. The van der Waals surface area contributed by atoms with Crippen LogP contribution in [0.15, 0.2) is 23.8 Å². The van der Waals surface area contributed by atoms with Crippen LogP contribution in [0, 0.1) is 5.92 Å². The minimum absolute atomic E-state index is 0.201. The number of ketones is 1. The standard InChI is InChI=1S/C27H42O5/c1-3-4-5-6-7-8-9-10-11-14-21(2)15-12-13-16-24(28)23(27(31)32)19-22-17-18-25(29)26(30)20-22/h17-21,29-30H,3-16H2,1-2H3,(H,31,32). The van der Waals surface area contributed by atoms with Crippen LogP contribution in [0.3, 0.4) is 0 Å². The fourth-order valence-corrected chi connectivity index (χ4v) is 3.92. The first-order chi connectivity index (χ1) is 15.3. The van der Waals surface area contributed by atoms with Gasteiger partial charge in [-0.1, -0.05) is 97.0 Å². The number of phenols is 2. The minimum atomic E-state index is -1.28. The van der Waals surface area contributed by atoms with Gasteiger partial charge in [-0.15, -0.1) is 0 Å². The van der Waals surface area contributed by atoms with E-state index in [1.165, 1.54) is 88.5 Å². The topological polar surface area (TPSA) is 94.8 Å². The highest BCUT2D eigenvalue weighted by atomic mass is 16.4. The summed E-state index contributed by atoms with van der Waals surface area (Å²) in [5, 5.41) is 28.3. The van der Waals surface area contributed by atoms with Crippen molar-refractivity contribution in [1.82, 2.24) is 0 Å². The number of Topliss-reactive ketones (excluding diaryl/α,β-unsaturated/α-hetero) is 1. The van der Waals surface area contributed by atoms with Gasteiger partial charge in [-0.2, -0.15) is 0 Å². The summed E-state index contributed by atoms with van der Waals surface area (Å²) in [6.45, 7) is 4.50. The van der Waals surface area contributed by atoms with E-state index in [1.807, 2.05) is 0 Å². The van der Waals surface area contributed by atoms with Gasteiger partial charge in [0.05, 0.1) is 0 Å². The number of hydrogen-bond acceptors (Lipinski definition) is 4. The Bertz CT molecular complexity index is 723. The maximum atomic E-state index is 12.4. The number of aliphatic carboxylic acids is 1. The summed E-state index contributed by atoms with van der Waals surface area (Å²) in [7, 11) is 0. The van der Waals surface area contributed by atoms with E-state index in [0.717, 1.165) is 12.8 Å². The Morgan fingerprint density at radius 3 is 1.97 bits per heavy atom. The van der Waals surface area contributed by atoms with E-state index < -0.39 is 11.8 Å². The van der Waals surface area contributed by atoms with Gasteiger partial charge in [0.15, 0.2) is 17.3 Å². The number of phenolic OH excluding ortho intramolecular Hbond substituents is 2. The normalized spacial score (nSPS) is 12.6. The highest BCUT2D eigenvalue weighted by molar-refractivity contribution is 6.20. The number of benzene rings is 1. The lowest BCUT2D eigenvalue weighted by Crippen LogP contribution is -2.12. The SMILES string of the molecule is CCCCCCCCCCCC(C)CCCCC(=O)C(=Cc1ccc(O)c(O)c1)C(=O)O. The molecular weight excluding hydrogens is 404 g/mol. The van der Waals surface area contributed by atoms with Crippen molar-refractivity contribution in [1.29, 1.82) is 0 Å². The molecule has 0 aliphatic carbocycles. The molecule has 5 nitrogen and oxygen atoms in total. The Morgan fingerprint density at radius 1 is 0.844 bits per heavy atom. The van der Waals surface area contributed by atoms with Gasteiger partial charge >= 0.3 is 5.97 Å². The Kier molecular flexibility index (Phi) is 14.2. The van der Waals surface area contributed by atoms with Gasteiger partial charge in [-0.3, -0.25) is 4.79 Å². The van der Waals surface area contributed by atoms with Crippen LogP contribution in [0.4, 0.5) is 0 Å². The minimum Gasteiger partial charge on any atom is -0.504 e. The maximum Gasteiger partial charge on any atom is 0.339 e. The fourth-order valence-electron chi connectivity index (χ4n) is 3.92. The molecule has 1 unspecified atom stereocenters. The molecule has 0 amide bonds. The molecule has 0 fully saturated rings. The van der Waals surface area contributed by atoms with E-state index in [-0.39, 0.29) is 23.5 Å². The Labute approximate surface area is 193 Å². The quantitative estimate of drug-likeness (QED) is 0.0725. The van der Waals surface area contributed by atoms with Gasteiger partial charge in [0, 0.05) is 6.42 Å². The molecule has 180 valence electrons. The summed E-state index contributed by atoms with van der Waals surface area (Å²) >= 11 is 0. The molecular formula is C27H42O5. The molecule has 0 bridgehead atoms. The lowest BCUT2D eigenvalue weighted by molar-refractivity contribution is -0.134. The van der Waals surface area contributed by atoms with Crippen LogP contribution in [0.1, 0.15) is 109 Å². The molecule has 0 aliphatic rings. The van der Waals surface area contributed by atoms with Gasteiger partial charge in [0.2, 0.25) is 0 Å². The largest absolute Gasteiger partial charge is 0.504 e. The van der Waals surface area contributed by atoms with E-state index in [4.69, 9.17) is 0 Å². The number of carbonyl (C=O) groups excluding carboxylic acids is 1. The van der Waals surface area contributed by atoms with E-state index in [9.17, 15) is 24.9 Å². The van der Waals surface area contributed by atoms with E-state index in [1.54, 1.807) is 0 Å². The van der Waals surface area contributed by atoms with Crippen molar-refractivity contribution in [3.8, 4) is 11.5 Å². The van der Waals surface area contributed by atoms with Crippen LogP contribution in [0.25, 0.3) is 6.08 Å². The summed E-state index contributed by atoms with van der Waals surface area (Å²) in [6.07, 6.45) is 17.3. The zero-order valence-corrected chi connectivity index (χ0v) is 19.9. The first kappa shape index (κ1) is 27.7. The zero-order chi connectivity index (χ0) is 23.8. The van der Waals surface area contributed by atoms with Crippen LogP contribution >= 0.6 is 0 Å². The van der Waals surface area contributed by atoms with Crippen LogP contribution in [0.2, 0.25) is 0 Å². The molecule has 1 atom stereocenters. The highest BCUT2D eigenvalue weighted by Gasteiger charge is 2.17. The Hall–Kier alpha value is -2.30. The monoisotopic (exact) mass is 446 g/mol. The molecule has 1 aromatic rings. The third-order valence-electron chi connectivity index (χ3n) is 5.99. The first-order valence-electron chi connectivity index (χ1n) is 12.3. The van der Waals surface area contributed by atoms with Gasteiger partial charge in [-0.05, 0) is 36.1 Å². The number of aromatic hydroxyl groups is 2. The number of rotatable bonds is 18. The molecule has 0 aromatic heterocycles. The average Bonchev–Trinajstić information content (AvgIpc) is 2.76. The smallest absolute Gasteiger partial charge is 0.339 e. The number of carbonyl (C=O) groups is 2. The van der Waals surface area contributed by atoms with E-state index in [0.29, 0.717) is 17.9 Å². The van der Waals surface area contributed by atoms with Crippen molar-refractivity contribution in [3.63, 3.8) is 0 Å². The van der Waals surface area contributed by atoms with Crippen LogP contribution in [0.5, 0.6) is 11.5 Å². The molecule has 0 radical (unpaired) electrons. The second-order valence-corrected chi connectivity index (χ2v) is 9.00. The maximum absolute atomic E-state index is 12.4. The summed E-state index contributed by atoms with van der Waals surface area (Å²) in [5.74, 6) is -1.69. The van der Waals surface area contributed by atoms with E-state index >= 15 is 0 Å². The third-order valence-corrected chi connectivity index (χ3v) is 5.99. The predicted octanol–water partition coefficient (Wildman–Crippen LogP) is 7.25. The van der Waals surface area contributed by atoms with Gasteiger partial charge in [0.1, 0.15) is 5.57 Å². The lowest BCUT2D eigenvalue weighted by atomic mass is 9.95. The number of carboxylic acids is 1. The predicted molar refractivity (Wildman–Crippen MR) is 130 cm³/mol. The summed E-state index contributed by atoms with van der Waals surface area (Å²) in [4.78, 5) is 23.9. The number of hydrogen-bond donors (Lipinski definition) is 3. The van der Waals surface area contributed by atoms with Crippen molar-refractivity contribution >= 4 is 17.8 Å². The molecule has 5 heteroatoms. The summed E-state index contributed by atoms with van der Waals surface area (Å²) in [6, 6.07) is 3.96. The van der Waals surface area contributed by atoms with Gasteiger partial charge in [-0.25, -0.2) is 4.79 Å². The summed E-state index contributed by atoms with van der Waals surface area (Å²) < 4.78 is 0. The fraction of sp³-hybridized carbons (Fsp3) is 0.630. The number of carboxylic acid groups (broad SMARTS) is 1. The van der Waals surface area contributed by atoms with Crippen molar-refractivity contribution in [2.75, 3.05) is 0 Å². The molecule has 3 N–H and O–H groups in total. The van der Waals surface area contributed by atoms with Gasteiger partial charge < -0.3 is 15.3 Å². The van der Waals surface area contributed by atoms with Crippen LogP contribution in [-0.4, -0.2) is 27.1 Å². The lowest BCUT2D eigenvalue weighted by Gasteiger charge is -2.11. The number of unbranched alkanes of at least 4 members (excludes halogenated alkanes) is 9. The van der Waals surface area contributed by atoms with Crippen LogP contribution < -0.4 is 0 Å². The molecule has 0 spiro atoms. The highest BCUT2D eigenvalue weighted by Crippen LogP contribution is 2.26. The average molecular weight is 447 g/mol. The van der Waals surface area contributed by atoms with Crippen molar-refractivity contribution < 1.29 is 24.9 Å². The van der Waals surface area contributed by atoms with Crippen molar-refractivity contribution in [2.45, 2.75) is 104 Å². The van der Waals surface area contributed by atoms with Crippen molar-refractivity contribution in [3.05, 3.63) is 29.3 Å². The molecule has 0 heterocycles. The molecule has 0 saturated carbocycles. The Morgan fingerprint density at radius 2 is 1.41 bits per heavy atom. The molecule has 1 rings (SSSR count). The van der Waals surface area contributed by atoms with E-state index in [2.05, 4.69) is 13.8 Å². The zero-order valence-electron chi connectivity index (χ0n) is 19.9. The van der Waals surface area contributed by atoms with Crippen LogP contribution in [-0.2, 0) is 9.59 Å². The van der Waals surface area contributed by atoms with Gasteiger partial charge in [0.25, 0.3) is 0 Å². The molecule has 32 heavy (non-hydrogen) atoms. The molecule has 0 saturated heterocycles. The summed E-state index contributed by atoms with van der Waals surface area (Å²) in [5.41, 5.74) is 0.0680. The third kappa shape index (κ3) is 11.9. The van der Waals surface area contributed by atoms with Crippen molar-refractivity contribution in [2.24, 2.45) is 5.92 Å². The first-order valence-corrected chi connectivity index (χ1v) is 12.3.